The molecule has 3 N–H and O–H groups in total. The van der Waals surface area contributed by atoms with Crippen molar-refractivity contribution in [1.82, 2.24) is 10.2 Å². The van der Waals surface area contributed by atoms with Crippen LogP contribution in [0.3, 0.4) is 0 Å². The number of likely N-dealkylation sites (N-methyl/N-ethyl adjacent to an activating group) is 1. The van der Waals surface area contributed by atoms with Crippen molar-refractivity contribution in [2.45, 2.75) is 39.7 Å². The van der Waals surface area contributed by atoms with Crippen LogP contribution in [0, 0.1) is 5.41 Å². The SMILES string of the molecule is CCOc1cc2c(cc1C(=O)NC)C(=N)N(CC(=O)c1ccc(N(C)CC(=O)O)c(C(C)(C)C)c1)C2.Cl. The van der Waals surface area contributed by atoms with Crippen LogP contribution in [0.25, 0.3) is 0 Å². The Morgan fingerprint density at radius 2 is 1.86 bits per heavy atom. The largest absolute Gasteiger partial charge is 0.493 e. The monoisotopic (exact) mass is 530 g/mol. The number of hydrogen-bond donors (Lipinski definition) is 3. The number of amidine groups is 1. The fourth-order valence-electron chi connectivity index (χ4n) is 4.35. The predicted molar refractivity (Wildman–Crippen MR) is 146 cm³/mol. The second kappa shape index (κ2) is 11.6. The van der Waals surface area contributed by atoms with E-state index in [1.807, 2.05) is 33.8 Å². The van der Waals surface area contributed by atoms with Gasteiger partial charge < -0.3 is 25.0 Å². The van der Waals surface area contributed by atoms with E-state index in [2.05, 4.69) is 5.32 Å². The number of Topliss-reactive ketones (excluding diaryl/α,β-unsaturated/α-hetero) is 1. The van der Waals surface area contributed by atoms with Crippen molar-refractivity contribution in [2.24, 2.45) is 0 Å². The summed E-state index contributed by atoms with van der Waals surface area (Å²) >= 11 is 0. The molecule has 0 spiro atoms. The summed E-state index contributed by atoms with van der Waals surface area (Å²) in [6, 6.07) is 8.73. The summed E-state index contributed by atoms with van der Waals surface area (Å²) in [4.78, 5) is 40.2. The van der Waals surface area contributed by atoms with Crippen LogP contribution in [0.2, 0.25) is 0 Å². The number of rotatable bonds is 9. The fraction of sp³-hybridized carbons (Fsp3) is 0.407. The Morgan fingerprint density at radius 1 is 1.19 bits per heavy atom. The number of nitrogens with one attached hydrogen (secondary N) is 2. The van der Waals surface area contributed by atoms with Crippen molar-refractivity contribution in [3.05, 3.63) is 58.1 Å². The first-order valence-electron chi connectivity index (χ1n) is 11.8. The number of ketones is 1. The Balaban J connectivity index is 0.00000481. The lowest BCUT2D eigenvalue weighted by molar-refractivity contribution is -0.135. The fourth-order valence-corrected chi connectivity index (χ4v) is 4.35. The van der Waals surface area contributed by atoms with Gasteiger partial charge in [0.15, 0.2) is 5.78 Å². The van der Waals surface area contributed by atoms with Gasteiger partial charge in [-0.1, -0.05) is 20.8 Å². The van der Waals surface area contributed by atoms with Crippen molar-refractivity contribution in [3.8, 4) is 5.75 Å². The first-order chi connectivity index (χ1) is 16.9. The quantitative estimate of drug-likeness (QED) is 0.422. The highest BCUT2D eigenvalue weighted by atomic mass is 35.5. The summed E-state index contributed by atoms with van der Waals surface area (Å²) in [7, 11) is 3.25. The molecule has 1 heterocycles. The van der Waals surface area contributed by atoms with Crippen molar-refractivity contribution in [3.63, 3.8) is 0 Å². The Labute approximate surface area is 223 Å². The molecule has 0 aromatic heterocycles. The van der Waals surface area contributed by atoms with Crippen LogP contribution in [0.5, 0.6) is 5.75 Å². The average molecular weight is 531 g/mol. The second-order valence-corrected chi connectivity index (χ2v) is 9.88. The molecule has 10 heteroatoms. The van der Waals surface area contributed by atoms with Gasteiger partial charge in [0, 0.05) is 37.5 Å². The molecule has 0 unspecified atom stereocenters. The number of carboxylic acids is 1. The van der Waals surface area contributed by atoms with Gasteiger partial charge in [-0.25, -0.2) is 0 Å². The van der Waals surface area contributed by atoms with Crippen molar-refractivity contribution in [1.29, 1.82) is 5.41 Å². The molecule has 0 atom stereocenters. The van der Waals surface area contributed by atoms with Gasteiger partial charge in [0.05, 0.1) is 18.7 Å². The van der Waals surface area contributed by atoms with E-state index in [0.29, 0.717) is 35.6 Å². The number of nitrogens with zero attached hydrogens (tertiary/aromatic N) is 2. The van der Waals surface area contributed by atoms with Gasteiger partial charge in [-0.2, -0.15) is 0 Å². The lowest BCUT2D eigenvalue weighted by Gasteiger charge is -2.28. The van der Waals surface area contributed by atoms with Crippen LogP contribution in [0.4, 0.5) is 5.69 Å². The molecule has 1 aliphatic heterocycles. The molecule has 2 aromatic rings. The molecule has 3 rings (SSSR count). The van der Waals surface area contributed by atoms with Crippen molar-refractivity contribution < 1.29 is 24.2 Å². The molecule has 1 amide bonds. The maximum absolute atomic E-state index is 13.3. The van der Waals surface area contributed by atoms with Crippen LogP contribution < -0.4 is 15.0 Å². The minimum Gasteiger partial charge on any atom is -0.493 e. The lowest BCUT2D eigenvalue weighted by atomic mass is 9.84. The van der Waals surface area contributed by atoms with E-state index in [1.54, 1.807) is 41.1 Å². The van der Waals surface area contributed by atoms with Gasteiger partial charge >= 0.3 is 5.97 Å². The van der Waals surface area contributed by atoms with E-state index in [4.69, 9.17) is 10.1 Å². The molecule has 9 nitrogen and oxygen atoms in total. The molecule has 0 fully saturated rings. The molecule has 0 saturated heterocycles. The number of benzene rings is 2. The van der Waals surface area contributed by atoms with Crippen molar-refractivity contribution >= 4 is 41.6 Å². The number of ether oxygens (including phenoxy) is 1. The molecule has 200 valence electrons. The summed E-state index contributed by atoms with van der Waals surface area (Å²) in [5, 5.41) is 20.4. The highest BCUT2D eigenvalue weighted by molar-refractivity contribution is 6.07. The zero-order chi connectivity index (χ0) is 26.8. The maximum atomic E-state index is 13.3. The first kappa shape index (κ1) is 29.6. The number of hydrogen-bond acceptors (Lipinski definition) is 6. The third-order valence-corrected chi connectivity index (χ3v) is 6.15. The number of amides is 1. The van der Waals surface area contributed by atoms with E-state index < -0.39 is 5.97 Å². The number of carbonyl (C=O) groups excluding carboxylic acids is 2. The Bertz CT molecular complexity index is 1220. The summed E-state index contributed by atoms with van der Waals surface area (Å²) in [5.41, 5.74) is 3.59. The van der Waals surface area contributed by atoms with E-state index in [9.17, 15) is 19.5 Å². The van der Waals surface area contributed by atoms with Gasteiger partial charge in [-0.15, -0.1) is 12.4 Å². The molecule has 0 aliphatic carbocycles. The number of carboxylic acid groups (broad SMARTS) is 1. The Kier molecular flexibility index (Phi) is 9.33. The Morgan fingerprint density at radius 3 is 2.43 bits per heavy atom. The highest BCUT2D eigenvalue weighted by Crippen LogP contribution is 2.34. The highest BCUT2D eigenvalue weighted by Gasteiger charge is 2.30. The summed E-state index contributed by atoms with van der Waals surface area (Å²) in [5.74, 6) is -0.752. The third-order valence-electron chi connectivity index (χ3n) is 6.15. The number of fused-ring (bicyclic) bond motifs is 1. The average Bonchev–Trinajstić information content (AvgIpc) is 3.10. The lowest BCUT2D eigenvalue weighted by Crippen LogP contribution is -2.31. The summed E-state index contributed by atoms with van der Waals surface area (Å²) in [6.45, 7) is 8.49. The molecule has 2 aromatic carbocycles. The van der Waals surface area contributed by atoms with Crippen LogP contribution in [-0.4, -0.2) is 67.3 Å². The van der Waals surface area contributed by atoms with Crippen LogP contribution in [-0.2, 0) is 16.8 Å². The standard InChI is InChI=1S/C27H34N4O5.ClH/c1-7-36-23-11-17-13-31(25(28)18(17)12-19(23)26(35)29-5)14-22(32)16-8-9-21(30(6)15-24(33)34)20(10-16)27(2,3)4;/h8-12,28H,7,13-15H2,1-6H3,(H,29,35)(H,33,34);1H. The number of aliphatic carboxylic acids is 1. The second-order valence-electron chi connectivity index (χ2n) is 9.88. The smallest absolute Gasteiger partial charge is 0.323 e. The van der Waals surface area contributed by atoms with Crippen molar-refractivity contribution in [2.75, 3.05) is 38.7 Å². The zero-order valence-electron chi connectivity index (χ0n) is 22.1. The van der Waals surface area contributed by atoms with Crippen LogP contribution >= 0.6 is 12.4 Å². The maximum Gasteiger partial charge on any atom is 0.323 e. The van der Waals surface area contributed by atoms with E-state index in [0.717, 1.165) is 16.8 Å². The van der Waals surface area contributed by atoms with Gasteiger partial charge in [0.1, 0.15) is 18.1 Å². The predicted octanol–water partition coefficient (Wildman–Crippen LogP) is 3.71. The summed E-state index contributed by atoms with van der Waals surface area (Å²) < 4.78 is 5.65. The zero-order valence-corrected chi connectivity index (χ0v) is 22.9. The Hall–Kier alpha value is -3.59. The minimum atomic E-state index is -0.934. The number of halogens is 1. The normalized spacial score (nSPS) is 12.5. The molecular weight excluding hydrogens is 496 g/mol. The molecule has 37 heavy (non-hydrogen) atoms. The van der Waals surface area contributed by atoms with E-state index in [1.165, 1.54) is 7.05 Å². The van der Waals surface area contributed by atoms with E-state index >= 15 is 0 Å². The molecule has 0 radical (unpaired) electrons. The molecular formula is C27H35ClN4O5. The number of carbonyl (C=O) groups is 3. The van der Waals surface area contributed by atoms with Gasteiger partial charge in [-0.3, -0.25) is 19.8 Å². The number of anilines is 1. The molecule has 0 bridgehead atoms. The molecule has 1 aliphatic rings. The van der Waals surface area contributed by atoms with Crippen LogP contribution in [0.15, 0.2) is 30.3 Å². The molecule has 0 saturated carbocycles. The van der Waals surface area contributed by atoms with Gasteiger partial charge in [-0.05, 0) is 53.8 Å². The minimum absolute atomic E-state index is 0. The van der Waals surface area contributed by atoms with Crippen LogP contribution in [0.1, 0.15) is 65.1 Å². The van der Waals surface area contributed by atoms with E-state index in [-0.39, 0.29) is 48.4 Å². The topological polar surface area (TPSA) is 123 Å². The van der Waals surface area contributed by atoms with Gasteiger partial charge in [0.25, 0.3) is 5.91 Å². The van der Waals surface area contributed by atoms with Gasteiger partial charge in [0.2, 0.25) is 0 Å². The first-order valence-corrected chi connectivity index (χ1v) is 11.8. The third kappa shape index (κ3) is 6.40. The summed E-state index contributed by atoms with van der Waals surface area (Å²) in [6.07, 6.45) is 0.